The van der Waals surface area contributed by atoms with Crippen LogP contribution in [0.2, 0.25) is 0 Å². The Hall–Kier alpha value is -4.43. The van der Waals surface area contributed by atoms with Crippen molar-refractivity contribution in [3.8, 4) is 5.75 Å². The second-order valence-corrected chi connectivity index (χ2v) is 12.1. The van der Waals surface area contributed by atoms with E-state index in [1.807, 2.05) is 0 Å². The molecule has 3 N–H and O–H groups in total. The van der Waals surface area contributed by atoms with E-state index >= 15 is 0 Å². The molecule has 0 fully saturated rings. The molecule has 3 aromatic heterocycles. The number of anilines is 2. The van der Waals surface area contributed by atoms with Crippen molar-refractivity contribution < 1.29 is 30.7 Å². The van der Waals surface area contributed by atoms with Crippen LogP contribution in [0.25, 0.3) is 22.1 Å². The van der Waals surface area contributed by atoms with Gasteiger partial charge in [0, 0.05) is 5.69 Å². The third kappa shape index (κ3) is 3.85. The number of sulfonamides is 2. The standard InChI is InChI=1S/C24H17FN4O7S2/c1-37(32,33)27-14-6-7-15-18(10-14)38(34,35)28-23(26-15)20-22(30)19-16-8-9-17(36-16)21(19)29(24(20)31)11-12-2-4-13(25)5-3-12/h2-10,27,30H,11H2,1H3,(H,26,28). The highest BCUT2D eigenvalue weighted by Crippen LogP contribution is 2.39. The third-order valence-electron chi connectivity index (χ3n) is 6.04. The molecule has 194 valence electrons. The molecule has 11 nitrogen and oxygen atoms in total. The Bertz CT molecular complexity index is 2080. The number of nitrogens with zero attached hydrogens (tertiary/aromatic N) is 2. The quantitative estimate of drug-likeness (QED) is 0.298. The third-order valence-corrected chi connectivity index (χ3v) is 7.97. The van der Waals surface area contributed by atoms with Crippen LogP contribution in [0.4, 0.5) is 15.8 Å². The Morgan fingerprint density at radius 2 is 1.82 bits per heavy atom. The summed E-state index contributed by atoms with van der Waals surface area (Å²) in [7, 11) is -8.09. The Labute approximate surface area is 214 Å². The molecule has 1 aliphatic rings. The van der Waals surface area contributed by atoms with E-state index in [-0.39, 0.29) is 33.8 Å². The summed E-state index contributed by atoms with van der Waals surface area (Å²) in [6.45, 7) is -0.0279. The number of rotatable bonds is 5. The number of fused-ring (bicyclic) bond motifs is 6. The number of hydrogen-bond acceptors (Lipinski definition) is 8. The van der Waals surface area contributed by atoms with Crippen molar-refractivity contribution in [1.29, 1.82) is 0 Å². The van der Waals surface area contributed by atoms with Crippen LogP contribution in [0.3, 0.4) is 0 Å². The Morgan fingerprint density at radius 3 is 2.53 bits per heavy atom. The maximum Gasteiger partial charge on any atom is 0.286 e. The average Bonchev–Trinajstić information content (AvgIpc) is 3.45. The fourth-order valence-electron chi connectivity index (χ4n) is 4.48. The maximum absolute atomic E-state index is 13.8. The first-order valence-corrected chi connectivity index (χ1v) is 14.3. The van der Waals surface area contributed by atoms with Crippen molar-refractivity contribution in [1.82, 2.24) is 4.57 Å². The van der Waals surface area contributed by atoms with Crippen molar-refractivity contribution in [2.24, 2.45) is 4.40 Å². The van der Waals surface area contributed by atoms with E-state index in [1.54, 1.807) is 12.1 Å². The second kappa shape index (κ2) is 8.03. The molecule has 0 radical (unpaired) electrons. The molecule has 2 aromatic carbocycles. The lowest BCUT2D eigenvalue weighted by Crippen LogP contribution is -2.33. The number of hydrogen-bond donors (Lipinski definition) is 3. The number of halogens is 1. The highest BCUT2D eigenvalue weighted by molar-refractivity contribution is 7.92. The van der Waals surface area contributed by atoms with Crippen molar-refractivity contribution in [2.45, 2.75) is 11.4 Å². The summed E-state index contributed by atoms with van der Waals surface area (Å²) >= 11 is 0. The molecular weight excluding hydrogens is 539 g/mol. The van der Waals surface area contributed by atoms with Gasteiger partial charge in [-0.1, -0.05) is 12.1 Å². The minimum atomic E-state index is -4.42. The number of aromatic hydroxyl groups is 1. The molecular formula is C24H17FN4O7S2. The van der Waals surface area contributed by atoms with Gasteiger partial charge >= 0.3 is 0 Å². The molecule has 6 rings (SSSR count). The number of benzene rings is 3. The van der Waals surface area contributed by atoms with E-state index in [0.717, 1.165) is 12.3 Å². The summed E-state index contributed by atoms with van der Waals surface area (Å²) in [4.78, 5) is 13.4. The topological polar surface area (TPSA) is 160 Å². The zero-order valence-electron chi connectivity index (χ0n) is 19.4. The fourth-order valence-corrected chi connectivity index (χ4v) is 6.18. The van der Waals surface area contributed by atoms with Crippen molar-refractivity contribution >= 4 is 59.3 Å². The van der Waals surface area contributed by atoms with Crippen molar-refractivity contribution in [2.75, 3.05) is 16.3 Å². The summed E-state index contributed by atoms with van der Waals surface area (Å²) in [6.07, 6.45) is 0.922. The second-order valence-electron chi connectivity index (χ2n) is 8.75. The van der Waals surface area contributed by atoms with Gasteiger partial charge in [0.05, 0.1) is 23.9 Å². The first-order valence-electron chi connectivity index (χ1n) is 11.0. The van der Waals surface area contributed by atoms with Crippen molar-refractivity contribution in [3.05, 3.63) is 81.9 Å². The maximum atomic E-state index is 13.8. The van der Waals surface area contributed by atoms with Crippen LogP contribution in [0.1, 0.15) is 11.1 Å². The monoisotopic (exact) mass is 556 g/mol. The van der Waals surface area contributed by atoms with Crippen LogP contribution in [-0.4, -0.2) is 38.6 Å². The van der Waals surface area contributed by atoms with Gasteiger partial charge in [0.25, 0.3) is 15.6 Å². The van der Waals surface area contributed by atoms with E-state index < -0.39 is 48.6 Å². The first-order chi connectivity index (χ1) is 17.9. The fraction of sp³-hybridized carbons (Fsp3) is 0.0833. The van der Waals surface area contributed by atoms with Gasteiger partial charge in [-0.25, -0.2) is 12.8 Å². The Kier molecular flexibility index (Phi) is 5.06. The summed E-state index contributed by atoms with van der Waals surface area (Å²) in [5.74, 6) is -1.39. The van der Waals surface area contributed by atoms with E-state index in [9.17, 15) is 31.1 Å². The van der Waals surface area contributed by atoms with E-state index in [0.29, 0.717) is 16.7 Å². The molecule has 0 saturated heterocycles. The Balaban J connectivity index is 1.54. The van der Waals surface area contributed by atoms with Crippen LogP contribution >= 0.6 is 0 Å². The first kappa shape index (κ1) is 23.9. The number of amidine groups is 1. The van der Waals surface area contributed by atoms with Crippen molar-refractivity contribution in [3.63, 3.8) is 0 Å². The summed E-state index contributed by atoms with van der Waals surface area (Å²) in [6, 6.07) is 12.5. The molecule has 1 aliphatic heterocycles. The average molecular weight is 557 g/mol. The van der Waals surface area contributed by atoms with Gasteiger partial charge in [-0.05, 0) is 48.0 Å². The van der Waals surface area contributed by atoms with Crippen LogP contribution in [-0.2, 0) is 26.6 Å². The predicted molar refractivity (Wildman–Crippen MR) is 139 cm³/mol. The van der Waals surface area contributed by atoms with E-state index in [4.69, 9.17) is 4.42 Å². The summed E-state index contributed by atoms with van der Waals surface area (Å²) in [5, 5.41) is 14.1. The molecule has 0 spiro atoms. The van der Waals surface area contributed by atoms with E-state index in [2.05, 4.69) is 14.4 Å². The zero-order chi connectivity index (χ0) is 27.0. The molecule has 4 heterocycles. The predicted octanol–water partition coefficient (Wildman–Crippen LogP) is 3.01. The zero-order valence-corrected chi connectivity index (χ0v) is 21.0. The molecule has 0 unspecified atom stereocenters. The molecule has 2 bridgehead atoms. The van der Waals surface area contributed by atoms with Gasteiger partial charge in [0.15, 0.2) is 11.4 Å². The Morgan fingerprint density at radius 1 is 1.11 bits per heavy atom. The van der Waals surface area contributed by atoms with Crippen LogP contribution in [0, 0.1) is 5.82 Å². The van der Waals surface area contributed by atoms with Gasteiger partial charge < -0.3 is 14.8 Å². The van der Waals surface area contributed by atoms with Gasteiger partial charge in [-0.3, -0.25) is 14.1 Å². The van der Waals surface area contributed by atoms with Crippen LogP contribution in [0.15, 0.2) is 73.1 Å². The number of pyridine rings is 1. The van der Waals surface area contributed by atoms with Gasteiger partial charge in [-0.15, -0.1) is 4.40 Å². The lowest BCUT2D eigenvalue weighted by molar-refractivity contribution is 0.478. The van der Waals surface area contributed by atoms with E-state index in [1.165, 1.54) is 41.0 Å². The minimum absolute atomic E-state index is 0.00527. The smallest absolute Gasteiger partial charge is 0.286 e. The highest BCUT2D eigenvalue weighted by Gasteiger charge is 2.32. The highest BCUT2D eigenvalue weighted by atomic mass is 32.2. The van der Waals surface area contributed by atoms with Crippen LogP contribution in [0.5, 0.6) is 5.75 Å². The van der Waals surface area contributed by atoms with Crippen LogP contribution < -0.4 is 15.6 Å². The molecule has 0 atom stereocenters. The molecule has 0 aliphatic carbocycles. The largest absolute Gasteiger partial charge is 0.506 e. The summed E-state index contributed by atoms with van der Waals surface area (Å²) < 4.78 is 75.7. The van der Waals surface area contributed by atoms with Gasteiger partial charge in [-0.2, -0.15) is 8.42 Å². The normalized spacial score (nSPS) is 14.8. The molecule has 0 saturated carbocycles. The molecule has 14 heteroatoms. The molecule has 5 aromatic rings. The number of nitrogens with one attached hydrogen (secondary N) is 2. The molecule has 0 amide bonds. The number of aromatic nitrogens is 1. The van der Waals surface area contributed by atoms with Gasteiger partial charge in [0.2, 0.25) is 10.0 Å². The SMILES string of the molecule is CS(=O)(=O)Nc1ccc2c(c1)S(=O)(=O)N=C(c1c(O)c3c4ccc(o4)c3n(Cc3ccc(F)cc3)c1=O)N2. The lowest BCUT2D eigenvalue weighted by Gasteiger charge is -2.20. The van der Waals surface area contributed by atoms with Gasteiger partial charge in [0.1, 0.15) is 33.1 Å². The number of furan rings is 2. The molecule has 38 heavy (non-hydrogen) atoms. The lowest BCUT2D eigenvalue weighted by atomic mass is 10.1. The minimum Gasteiger partial charge on any atom is -0.506 e. The summed E-state index contributed by atoms with van der Waals surface area (Å²) in [5.41, 5.74) is 0.348.